The molecule has 0 bridgehead atoms. The van der Waals surface area contributed by atoms with Crippen molar-refractivity contribution >= 4 is 10.0 Å². The molecule has 0 aromatic carbocycles. The van der Waals surface area contributed by atoms with Gasteiger partial charge in [-0.05, 0) is 26.7 Å². The lowest BCUT2D eigenvalue weighted by atomic mass is 10.3. The molecular formula is C10H19N3O3S. The van der Waals surface area contributed by atoms with Crippen molar-refractivity contribution < 1.29 is 13.2 Å². The zero-order valence-electron chi connectivity index (χ0n) is 10.4. The summed E-state index contributed by atoms with van der Waals surface area (Å²) in [4.78, 5) is 0.254. The third-order valence-corrected chi connectivity index (χ3v) is 4.12. The summed E-state index contributed by atoms with van der Waals surface area (Å²) < 4.78 is 31.4. The van der Waals surface area contributed by atoms with Gasteiger partial charge >= 0.3 is 0 Å². The zero-order chi connectivity index (χ0) is 12.9. The van der Waals surface area contributed by atoms with Gasteiger partial charge in [-0.1, -0.05) is 0 Å². The maximum absolute atomic E-state index is 12.0. The number of hydrogen-bond donors (Lipinski definition) is 2. The number of hydrogen-bond acceptors (Lipinski definition) is 4. The van der Waals surface area contributed by atoms with Gasteiger partial charge < -0.3 is 4.74 Å². The third kappa shape index (κ3) is 3.79. The SMILES string of the molecule is COCCCCNS(=O)(=O)c1c(C)n[nH]c1C. The van der Waals surface area contributed by atoms with Crippen LogP contribution in [0.5, 0.6) is 0 Å². The van der Waals surface area contributed by atoms with Crippen molar-refractivity contribution in [1.29, 1.82) is 0 Å². The van der Waals surface area contributed by atoms with E-state index in [0.29, 0.717) is 24.5 Å². The fourth-order valence-corrected chi connectivity index (χ4v) is 3.03. The maximum Gasteiger partial charge on any atom is 0.244 e. The van der Waals surface area contributed by atoms with Gasteiger partial charge in [-0.3, -0.25) is 5.10 Å². The van der Waals surface area contributed by atoms with Gasteiger partial charge in [-0.2, -0.15) is 5.10 Å². The predicted octanol–water partition coefficient (Wildman–Crippen LogP) is 0.731. The van der Waals surface area contributed by atoms with E-state index in [1.807, 2.05) is 0 Å². The van der Waals surface area contributed by atoms with Gasteiger partial charge in [0.25, 0.3) is 0 Å². The predicted molar refractivity (Wildman–Crippen MR) is 64.4 cm³/mol. The molecule has 0 aliphatic carbocycles. The molecule has 0 aliphatic rings. The van der Waals surface area contributed by atoms with Crippen LogP contribution in [0.1, 0.15) is 24.2 Å². The second kappa shape index (κ2) is 6.13. The Balaban J connectivity index is 2.58. The summed E-state index contributed by atoms with van der Waals surface area (Å²) in [7, 11) is -1.82. The van der Waals surface area contributed by atoms with Gasteiger partial charge in [0.15, 0.2) is 0 Å². The highest BCUT2D eigenvalue weighted by Crippen LogP contribution is 2.15. The van der Waals surface area contributed by atoms with Crippen LogP contribution in [-0.4, -0.2) is 38.9 Å². The summed E-state index contributed by atoms with van der Waals surface area (Å²) in [5, 5.41) is 6.54. The Morgan fingerprint density at radius 2 is 2.06 bits per heavy atom. The highest BCUT2D eigenvalue weighted by molar-refractivity contribution is 7.89. The van der Waals surface area contributed by atoms with E-state index in [1.54, 1.807) is 21.0 Å². The molecule has 0 spiro atoms. The first kappa shape index (κ1) is 14.1. The first-order chi connectivity index (χ1) is 7.99. The molecule has 6 nitrogen and oxygen atoms in total. The maximum atomic E-state index is 12.0. The number of ether oxygens (including phenoxy) is 1. The molecule has 0 saturated carbocycles. The average molecular weight is 261 g/mol. The van der Waals surface area contributed by atoms with E-state index in [4.69, 9.17) is 4.74 Å². The molecule has 0 fully saturated rings. The van der Waals surface area contributed by atoms with Crippen molar-refractivity contribution in [3.63, 3.8) is 0 Å². The van der Waals surface area contributed by atoms with E-state index in [0.717, 1.165) is 12.8 Å². The van der Waals surface area contributed by atoms with Gasteiger partial charge in [0.1, 0.15) is 4.90 Å². The molecule has 0 aliphatic heterocycles. The molecule has 0 atom stereocenters. The second-order valence-electron chi connectivity index (χ2n) is 3.86. The van der Waals surface area contributed by atoms with Crippen molar-refractivity contribution in [2.24, 2.45) is 0 Å². The summed E-state index contributed by atoms with van der Waals surface area (Å²) in [6, 6.07) is 0. The van der Waals surface area contributed by atoms with E-state index in [9.17, 15) is 8.42 Å². The molecule has 7 heteroatoms. The highest BCUT2D eigenvalue weighted by Gasteiger charge is 2.21. The fourth-order valence-electron chi connectivity index (χ4n) is 1.59. The van der Waals surface area contributed by atoms with E-state index in [1.165, 1.54) is 0 Å². The first-order valence-corrected chi connectivity index (χ1v) is 6.97. The lowest BCUT2D eigenvalue weighted by Gasteiger charge is -2.06. The summed E-state index contributed by atoms with van der Waals surface area (Å²) in [6.45, 7) is 4.42. The standard InChI is InChI=1S/C10H19N3O3S/c1-8-10(9(2)13-12-8)17(14,15)11-6-4-5-7-16-3/h11H,4-7H2,1-3H3,(H,12,13). The molecule has 0 amide bonds. The van der Waals surface area contributed by atoms with Crippen LogP contribution in [0.3, 0.4) is 0 Å². The van der Waals surface area contributed by atoms with Crippen LogP contribution >= 0.6 is 0 Å². The number of nitrogens with one attached hydrogen (secondary N) is 2. The quantitative estimate of drug-likeness (QED) is 0.709. The third-order valence-electron chi connectivity index (χ3n) is 2.40. The summed E-state index contributed by atoms with van der Waals surface area (Å²) >= 11 is 0. The minimum atomic E-state index is -3.45. The molecule has 1 heterocycles. The van der Waals surface area contributed by atoms with Crippen molar-refractivity contribution in [3.05, 3.63) is 11.4 Å². The Bertz CT molecular complexity index is 434. The minimum Gasteiger partial charge on any atom is -0.385 e. The van der Waals surface area contributed by atoms with Crippen molar-refractivity contribution in [1.82, 2.24) is 14.9 Å². The minimum absolute atomic E-state index is 0.254. The number of sulfonamides is 1. The molecule has 1 aromatic rings. The van der Waals surface area contributed by atoms with E-state index < -0.39 is 10.0 Å². The molecule has 2 N–H and O–H groups in total. The van der Waals surface area contributed by atoms with Crippen LogP contribution in [0.2, 0.25) is 0 Å². The number of aromatic nitrogens is 2. The Hall–Kier alpha value is -0.920. The summed E-state index contributed by atoms with van der Waals surface area (Å²) in [5.41, 5.74) is 1.05. The van der Waals surface area contributed by atoms with Crippen LogP contribution in [0, 0.1) is 13.8 Å². The number of aromatic amines is 1. The van der Waals surface area contributed by atoms with Crippen molar-refractivity contribution in [2.45, 2.75) is 31.6 Å². The Labute approximate surface area is 102 Å². The molecule has 1 aromatic heterocycles. The van der Waals surface area contributed by atoms with Crippen LogP contribution in [0.15, 0.2) is 4.90 Å². The Morgan fingerprint density at radius 3 is 2.59 bits per heavy atom. The van der Waals surface area contributed by atoms with E-state index in [2.05, 4.69) is 14.9 Å². The molecule has 0 unspecified atom stereocenters. The average Bonchev–Trinajstić information content (AvgIpc) is 2.58. The Kier molecular flexibility index (Phi) is 5.10. The molecular weight excluding hydrogens is 242 g/mol. The number of unbranched alkanes of at least 4 members (excludes halogenated alkanes) is 1. The lowest BCUT2D eigenvalue weighted by molar-refractivity contribution is 0.193. The smallest absolute Gasteiger partial charge is 0.244 e. The van der Waals surface area contributed by atoms with E-state index in [-0.39, 0.29) is 4.90 Å². The fraction of sp³-hybridized carbons (Fsp3) is 0.700. The zero-order valence-corrected chi connectivity index (χ0v) is 11.2. The van der Waals surface area contributed by atoms with Crippen LogP contribution in [0.25, 0.3) is 0 Å². The number of rotatable bonds is 7. The van der Waals surface area contributed by atoms with Crippen LogP contribution < -0.4 is 4.72 Å². The topological polar surface area (TPSA) is 84.1 Å². The van der Waals surface area contributed by atoms with Gasteiger partial charge in [-0.25, -0.2) is 13.1 Å². The molecule has 98 valence electrons. The normalized spacial score (nSPS) is 11.9. The monoisotopic (exact) mass is 261 g/mol. The highest BCUT2D eigenvalue weighted by atomic mass is 32.2. The molecule has 17 heavy (non-hydrogen) atoms. The molecule has 0 radical (unpaired) electrons. The summed E-state index contributed by atoms with van der Waals surface area (Å²) in [6.07, 6.45) is 1.59. The van der Waals surface area contributed by atoms with Gasteiger partial charge in [0.2, 0.25) is 10.0 Å². The number of nitrogens with zero attached hydrogens (tertiary/aromatic N) is 1. The van der Waals surface area contributed by atoms with Crippen LogP contribution in [-0.2, 0) is 14.8 Å². The molecule has 1 rings (SSSR count). The van der Waals surface area contributed by atoms with Crippen LogP contribution in [0.4, 0.5) is 0 Å². The number of H-pyrrole nitrogens is 1. The van der Waals surface area contributed by atoms with Gasteiger partial charge in [-0.15, -0.1) is 0 Å². The first-order valence-electron chi connectivity index (χ1n) is 5.49. The summed E-state index contributed by atoms with van der Waals surface area (Å²) in [5.74, 6) is 0. The Morgan fingerprint density at radius 1 is 1.35 bits per heavy atom. The molecule has 0 saturated heterocycles. The second-order valence-corrected chi connectivity index (χ2v) is 5.56. The van der Waals surface area contributed by atoms with E-state index >= 15 is 0 Å². The largest absolute Gasteiger partial charge is 0.385 e. The van der Waals surface area contributed by atoms with Gasteiger partial charge in [0.05, 0.1) is 11.4 Å². The van der Waals surface area contributed by atoms with Crippen molar-refractivity contribution in [3.8, 4) is 0 Å². The van der Waals surface area contributed by atoms with Gasteiger partial charge in [0, 0.05) is 20.3 Å². The lowest BCUT2D eigenvalue weighted by Crippen LogP contribution is -2.25. The van der Waals surface area contributed by atoms with Crippen molar-refractivity contribution in [2.75, 3.05) is 20.3 Å². The number of aryl methyl sites for hydroxylation is 2. The number of methoxy groups -OCH3 is 1.